The van der Waals surface area contributed by atoms with Crippen LogP contribution < -0.4 is 21.3 Å². The summed E-state index contributed by atoms with van der Waals surface area (Å²) in [6, 6.07) is 5.23. The maximum absolute atomic E-state index is 12.9. The Morgan fingerprint density at radius 2 is 2.10 bits per heavy atom. The predicted molar refractivity (Wildman–Crippen MR) is 110 cm³/mol. The van der Waals surface area contributed by atoms with Crippen LogP contribution in [0.15, 0.2) is 18.2 Å². The van der Waals surface area contributed by atoms with E-state index in [-0.39, 0.29) is 29.9 Å². The van der Waals surface area contributed by atoms with E-state index in [1.165, 1.54) is 0 Å². The number of aryl methyl sites for hydroxylation is 1. The molecule has 0 aliphatic carbocycles. The van der Waals surface area contributed by atoms with Gasteiger partial charge in [0.1, 0.15) is 11.6 Å². The van der Waals surface area contributed by atoms with Gasteiger partial charge in [-0.2, -0.15) is 9.97 Å². The molecule has 1 aromatic heterocycles. The Morgan fingerprint density at radius 1 is 1.34 bits per heavy atom. The summed E-state index contributed by atoms with van der Waals surface area (Å²) < 4.78 is 5.34. The van der Waals surface area contributed by atoms with E-state index in [1.54, 1.807) is 12.1 Å². The van der Waals surface area contributed by atoms with Crippen molar-refractivity contribution in [2.75, 3.05) is 47.6 Å². The Balaban J connectivity index is 1.63. The molecule has 10 heteroatoms. The van der Waals surface area contributed by atoms with Gasteiger partial charge >= 0.3 is 0 Å². The summed E-state index contributed by atoms with van der Waals surface area (Å²) in [5.41, 5.74) is 8.07. The van der Waals surface area contributed by atoms with Crippen LogP contribution in [0.5, 0.6) is 0 Å². The van der Waals surface area contributed by atoms with Crippen LogP contribution in [0.2, 0.25) is 5.02 Å². The Kier molecular flexibility index (Phi) is 5.25. The SMILES string of the molecule is Cc1ccc(NC(=O)[C@@H]2CC(=O)Nc3nc(N4CCOCC4)nc(N)c32)cc1Cl. The summed E-state index contributed by atoms with van der Waals surface area (Å²) in [4.78, 5) is 36.0. The number of ether oxygens (including phenoxy) is 1. The molecule has 1 aromatic carbocycles. The fourth-order valence-electron chi connectivity index (χ4n) is 3.41. The first-order chi connectivity index (χ1) is 13.9. The van der Waals surface area contributed by atoms with Crippen LogP contribution in [-0.4, -0.2) is 48.1 Å². The fraction of sp³-hybridized carbons (Fsp3) is 0.368. The Labute approximate surface area is 172 Å². The van der Waals surface area contributed by atoms with Gasteiger partial charge in [-0.25, -0.2) is 0 Å². The van der Waals surface area contributed by atoms with Crippen LogP contribution in [0.3, 0.4) is 0 Å². The van der Waals surface area contributed by atoms with Crippen molar-refractivity contribution < 1.29 is 14.3 Å². The standard InChI is InChI=1S/C19H21ClN6O3/c1-10-2-3-11(8-13(10)20)22-18(28)12-9-14(27)23-17-15(12)16(21)24-19(25-17)26-4-6-29-7-5-26/h2-3,8,12H,4-7,9H2,1H3,(H,22,28)(H3,21,23,24,25,27)/t12-/m1/s1. The average molecular weight is 417 g/mol. The minimum atomic E-state index is -0.794. The summed E-state index contributed by atoms with van der Waals surface area (Å²) in [5.74, 6) is -0.592. The molecule has 1 fully saturated rings. The van der Waals surface area contributed by atoms with Gasteiger partial charge < -0.3 is 26.0 Å². The molecule has 4 N–H and O–H groups in total. The highest BCUT2D eigenvalue weighted by atomic mass is 35.5. The van der Waals surface area contributed by atoms with Crippen molar-refractivity contribution in [2.24, 2.45) is 0 Å². The maximum Gasteiger partial charge on any atom is 0.232 e. The summed E-state index contributed by atoms with van der Waals surface area (Å²) in [5, 5.41) is 6.07. The number of fused-ring (bicyclic) bond motifs is 1. The number of benzene rings is 1. The zero-order valence-corrected chi connectivity index (χ0v) is 16.6. The minimum absolute atomic E-state index is 0.0388. The second kappa shape index (κ2) is 7.84. The molecule has 0 unspecified atom stereocenters. The lowest BCUT2D eigenvalue weighted by molar-refractivity contribution is -0.123. The van der Waals surface area contributed by atoms with Crippen LogP contribution in [0, 0.1) is 6.92 Å². The third kappa shape index (κ3) is 3.96. The number of halogens is 1. The third-order valence-corrected chi connectivity index (χ3v) is 5.42. The van der Waals surface area contributed by atoms with Crippen LogP contribution in [0.4, 0.5) is 23.3 Å². The quantitative estimate of drug-likeness (QED) is 0.698. The number of hydrogen-bond donors (Lipinski definition) is 3. The molecule has 1 atom stereocenters. The zero-order valence-electron chi connectivity index (χ0n) is 15.9. The molecule has 9 nitrogen and oxygen atoms in total. The smallest absolute Gasteiger partial charge is 0.232 e. The monoisotopic (exact) mass is 416 g/mol. The molecule has 2 aromatic rings. The maximum atomic E-state index is 12.9. The first-order valence-electron chi connectivity index (χ1n) is 9.29. The van der Waals surface area contributed by atoms with Crippen molar-refractivity contribution in [3.8, 4) is 0 Å². The van der Waals surface area contributed by atoms with Crippen LogP contribution >= 0.6 is 11.6 Å². The number of nitrogens with zero attached hydrogens (tertiary/aromatic N) is 3. The number of amides is 2. The molecule has 4 rings (SSSR count). The highest BCUT2D eigenvalue weighted by molar-refractivity contribution is 6.31. The average Bonchev–Trinajstić information content (AvgIpc) is 2.70. The molecule has 0 radical (unpaired) electrons. The molecule has 0 bridgehead atoms. The summed E-state index contributed by atoms with van der Waals surface area (Å²) >= 11 is 6.13. The van der Waals surface area contributed by atoms with Crippen molar-refractivity contribution in [1.29, 1.82) is 0 Å². The second-order valence-corrected chi connectivity index (χ2v) is 7.44. The van der Waals surface area contributed by atoms with Gasteiger partial charge in [-0.1, -0.05) is 17.7 Å². The number of rotatable bonds is 3. The molecule has 0 spiro atoms. The molecule has 3 heterocycles. The Bertz CT molecular complexity index is 977. The number of anilines is 4. The number of hydrogen-bond acceptors (Lipinski definition) is 7. The topological polar surface area (TPSA) is 122 Å². The summed E-state index contributed by atoms with van der Waals surface area (Å²) in [6.45, 7) is 4.27. The van der Waals surface area contributed by atoms with Gasteiger partial charge in [0.25, 0.3) is 0 Å². The van der Waals surface area contributed by atoms with Gasteiger partial charge in [0.05, 0.1) is 24.7 Å². The number of morpholine rings is 1. The molecule has 2 aliphatic rings. The van der Waals surface area contributed by atoms with Crippen LogP contribution in [0.1, 0.15) is 23.5 Å². The van der Waals surface area contributed by atoms with Gasteiger partial charge in [-0.3, -0.25) is 9.59 Å². The van der Waals surface area contributed by atoms with Gasteiger partial charge in [-0.05, 0) is 24.6 Å². The van der Waals surface area contributed by atoms with E-state index in [2.05, 4.69) is 20.6 Å². The molecule has 2 aliphatic heterocycles. The molecular formula is C19H21ClN6O3. The Morgan fingerprint density at radius 3 is 2.83 bits per heavy atom. The van der Waals surface area contributed by atoms with E-state index in [0.29, 0.717) is 48.5 Å². The van der Waals surface area contributed by atoms with Crippen molar-refractivity contribution in [1.82, 2.24) is 9.97 Å². The van der Waals surface area contributed by atoms with Gasteiger partial charge in [0, 0.05) is 30.2 Å². The normalized spacial score (nSPS) is 18.8. The third-order valence-electron chi connectivity index (χ3n) is 5.01. The van der Waals surface area contributed by atoms with E-state index in [4.69, 9.17) is 22.1 Å². The lowest BCUT2D eigenvalue weighted by atomic mass is 9.92. The number of carbonyl (C=O) groups is 2. The van der Waals surface area contributed by atoms with E-state index >= 15 is 0 Å². The molecular weight excluding hydrogens is 396 g/mol. The van der Waals surface area contributed by atoms with Crippen molar-refractivity contribution in [2.45, 2.75) is 19.3 Å². The molecule has 152 valence electrons. The lowest BCUT2D eigenvalue weighted by Gasteiger charge is -2.30. The molecule has 0 saturated carbocycles. The van der Waals surface area contributed by atoms with Crippen molar-refractivity contribution in [3.05, 3.63) is 34.3 Å². The number of carbonyl (C=O) groups excluding carboxylic acids is 2. The van der Waals surface area contributed by atoms with Crippen molar-refractivity contribution in [3.63, 3.8) is 0 Å². The second-order valence-electron chi connectivity index (χ2n) is 7.03. The van der Waals surface area contributed by atoms with Gasteiger partial charge in [0.2, 0.25) is 17.8 Å². The predicted octanol–water partition coefficient (Wildman–Crippen LogP) is 1.92. The van der Waals surface area contributed by atoms with E-state index in [1.807, 2.05) is 17.9 Å². The van der Waals surface area contributed by atoms with E-state index in [9.17, 15) is 9.59 Å². The van der Waals surface area contributed by atoms with Gasteiger partial charge in [-0.15, -0.1) is 0 Å². The lowest BCUT2D eigenvalue weighted by Crippen LogP contribution is -2.38. The largest absolute Gasteiger partial charge is 0.383 e. The molecule has 2 amide bonds. The van der Waals surface area contributed by atoms with Crippen molar-refractivity contribution >= 4 is 46.7 Å². The first kappa shape index (κ1) is 19.4. The van der Waals surface area contributed by atoms with E-state index < -0.39 is 5.92 Å². The van der Waals surface area contributed by atoms with E-state index in [0.717, 1.165) is 5.56 Å². The molecule has 1 saturated heterocycles. The number of nitrogen functional groups attached to an aromatic ring is 1. The minimum Gasteiger partial charge on any atom is -0.383 e. The zero-order chi connectivity index (χ0) is 20.5. The van der Waals surface area contributed by atoms with Crippen LogP contribution in [0.25, 0.3) is 0 Å². The summed E-state index contributed by atoms with van der Waals surface area (Å²) in [7, 11) is 0. The van der Waals surface area contributed by atoms with Gasteiger partial charge in [0.15, 0.2) is 0 Å². The number of nitrogens with one attached hydrogen (secondary N) is 2. The fourth-order valence-corrected chi connectivity index (χ4v) is 3.59. The highest BCUT2D eigenvalue weighted by Crippen LogP contribution is 2.36. The number of aromatic nitrogens is 2. The summed E-state index contributed by atoms with van der Waals surface area (Å²) in [6.07, 6.45) is -0.0388. The molecule has 29 heavy (non-hydrogen) atoms. The van der Waals surface area contributed by atoms with Crippen LogP contribution in [-0.2, 0) is 14.3 Å². The Hall–Kier alpha value is -2.91. The first-order valence-corrected chi connectivity index (χ1v) is 9.67. The number of nitrogens with two attached hydrogens (primary N) is 1. The highest BCUT2D eigenvalue weighted by Gasteiger charge is 2.35.